The van der Waals surface area contributed by atoms with E-state index < -0.39 is 23.6 Å². The van der Waals surface area contributed by atoms with E-state index in [4.69, 9.17) is 9.84 Å². The molecule has 1 unspecified atom stereocenters. The minimum absolute atomic E-state index is 0.0813. The summed E-state index contributed by atoms with van der Waals surface area (Å²) in [4.78, 5) is 27.7. The van der Waals surface area contributed by atoms with Crippen molar-refractivity contribution in [2.75, 3.05) is 11.9 Å². The van der Waals surface area contributed by atoms with Crippen LogP contribution in [0.1, 0.15) is 27.2 Å². The summed E-state index contributed by atoms with van der Waals surface area (Å²) < 4.78 is 5.09. The van der Waals surface area contributed by atoms with Crippen molar-refractivity contribution in [1.29, 1.82) is 0 Å². The van der Waals surface area contributed by atoms with Gasteiger partial charge in [-0.2, -0.15) is 0 Å². The van der Waals surface area contributed by atoms with Crippen LogP contribution in [0.15, 0.2) is 24.4 Å². The number of carbonyl (C=O) groups is 2. The van der Waals surface area contributed by atoms with Gasteiger partial charge in [0.1, 0.15) is 17.5 Å². The van der Waals surface area contributed by atoms with Crippen LogP contribution in [0.2, 0.25) is 0 Å². The Morgan fingerprint density at radius 2 is 2.10 bits per heavy atom. The number of aromatic nitrogens is 1. The van der Waals surface area contributed by atoms with Crippen LogP contribution in [0.3, 0.4) is 0 Å². The SMILES string of the molecule is CC(C)(C)OC(=O)NC(CCO)C(=O)Nc1ccccn1. The van der Waals surface area contributed by atoms with Crippen molar-refractivity contribution in [3.63, 3.8) is 0 Å². The molecule has 0 spiro atoms. The van der Waals surface area contributed by atoms with Gasteiger partial charge in [-0.25, -0.2) is 9.78 Å². The molecule has 7 heteroatoms. The van der Waals surface area contributed by atoms with Crippen molar-refractivity contribution >= 4 is 17.8 Å². The molecule has 1 aromatic rings. The van der Waals surface area contributed by atoms with Crippen molar-refractivity contribution in [2.45, 2.75) is 38.8 Å². The van der Waals surface area contributed by atoms with E-state index in [-0.39, 0.29) is 13.0 Å². The number of hydrogen-bond donors (Lipinski definition) is 3. The Balaban J connectivity index is 2.63. The maximum atomic E-state index is 12.1. The van der Waals surface area contributed by atoms with Crippen LogP contribution >= 0.6 is 0 Å². The fourth-order valence-electron chi connectivity index (χ4n) is 1.50. The number of aliphatic hydroxyl groups is 1. The molecule has 0 radical (unpaired) electrons. The molecule has 0 bridgehead atoms. The van der Waals surface area contributed by atoms with Crippen molar-refractivity contribution in [1.82, 2.24) is 10.3 Å². The Morgan fingerprint density at radius 3 is 2.62 bits per heavy atom. The second kappa shape index (κ2) is 7.58. The van der Waals surface area contributed by atoms with Crippen LogP contribution in [0.25, 0.3) is 0 Å². The first-order valence-corrected chi connectivity index (χ1v) is 6.64. The molecule has 1 aromatic heterocycles. The van der Waals surface area contributed by atoms with Crippen LogP contribution in [-0.4, -0.2) is 40.3 Å². The molecule has 0 aliphatic rings. The highest BCUT2D eigenvalue weighted by Crippen LogP contribution is 2.08. The lowest BCUT2D eigenvalue weighted by molar-refractivity contribution is -0.118. The van der Waals surface area contributed by atoms with Gasteiger partial charge in [-0.3, -0.25) is 4.79 Å². The van der Waals surface area contributed by atoms with Crippen molar-refractivity contribution in [3.05, 3.63) is 24.4 Å². The summed E-state index contributed by atoms with van der Waals surface area (Å²) in [6.45, 7) is 4.93. The van der Waals surface area contributed by atoms with Gasteiger partial charge in [0, 0.05) is 12.8 Å². The molecule has 116 valence electrons. The Labute approximate surface area is 123 Å². The number of amides is 2. The van der Waals surface area contributed by atoms with Crippen molar-refractivity contribution in [3.8, 4) is 0 Å². The molecule has 21 heavy (non-hydrogen) atoms. The van der Waals surface area contributed by atoms with Crippen molar-refractivity contribution in [2.24, 2.45) is 0 Å². The molecule has 2 amide bonds. The van der Waals surface area contributed by atoms with Gasteiger partial charge in [-0.05, 0) is 39.3 Å². The normalized spacial score (nSPS) is 12.4. The number of nitrogens with one attached hydrogen (secondary N) is 2. The van der Waals surface area contributed by atoms with Gasteiger partial charge < -0.3 is 20.5 Å². The zero-order valence-corrected chi connectivity index (χ0v) is 12.4. The second-order valence-electron chi connectivity index (χ2n) is 5.42. The highest BCUT2D eigenvalue weighted by Gasteiger charge is 2.24. The minimum atomic E-state index is -0.896. The van der Waals surface area contributed by atoms with Crippen LogP contribution in [0.5, 0.6) is 0 Å². The fourth-order valence-corrected chi connectivity index (χ4v) is 1.50. The number of rotatable bonds is 5. The highest BCUT2D eigenvalue weighted by atomic mass is 16.6. The molecular formula is C14H21N3O4. The molecular weight excluding hydrogens is 274 g/mol. The number of ether oxygens (including phenoxy) is 1. The van der Waals surface area contributed by atoms with Crippen LogP contribution in [0, 0.1) is 0 Å². The van der Waals surface area contributed by atoms with Crippen LogP contribution in [0.4, 0.5) is 10.6 Å². The summed E-state index contributed by atoms with van der Waals surface area (Å²) in [6, 6.07) is 4.18. The molecule has 3 N–H and O–H groups in total. The summed E-state index contributed by atoms with van der Waals surface area (Å²) in [5.41, 5.74) is -0.661. The van der Waals surface area contributed by atoms with Gasteiger partial charge >= 0.3 is 6.09 Å². The molecule has 7 nitrogen and oxygen atoms in total. The van der Waals surface area contributed by atoms with E-state index in [9.17, 15) is 9.59 Å². The third-order valence-corrected chi connectivity index (χ3v) is 2.34. The van der Waals surface area contributed by atoms with Gasteiger partial charge in [0.2, 0.25) is 5.91 Å². The Bertz CT molecular complexity index is 471. The highest BCUT2D eigenvalue weighted by molar-refractivity contribution is 5.95. The van der Waals surface area contributed by atoms with Gasteiger partial charge in [-0.1, -0.05) is 6.07 Å². The lowest BCUT2D eigenvalue weighted by atomic mass is 10.2. The minimum Gasteiger partial charge on any atom is -0.444 e. The molecule has 0 saturated carbocycles. The van der Waals surface area contributed by atoms with E-state index in [0.717, 1.165) is 0 Å². The first-order chi connectivity index (χ1) is 9.81. The van der Waals surface area contributed by atoms with E-state index in [1.807, 2.05) is 0 Å². The van der Waals surface area contributed by atoms with Gasteiger partial charge in [0.05, 0.1) is 0 Å². The topological polar surface area (TPSA) is 101 Å². The quantitative estimate of drug-likeness (QED) is 0.760. The molecule has 0 fully saturated rings. The lowest BCUT2D eigenvalue weighted by Crippen LogP contribution is -2.46. The summed E-state index contributed by atoms with van der Waals surface area (Å²) in [6.07, 6.45) is 0.910. The Morgan fingerprint density at radius 1 is 1.38 bits per heavy atom. The maximum Gasteiger partial charge on any atom is 0.408 e. The summed E-state index contributed by atoms with van der Waals surface area (Å²) in [7, 11) is 0. The third kappa shape index (κ3) is 6.71. The first kappa shape index (κ1) is 16.9. The summed E-state index contributed by atoms with van der Waals surface area (Å²) >= 11 is 0. The number of nitrogens with zero attached hydrogens (tertiary/aromatic N) is 1. The lowest BCUT2D eigenvalue weighted by Gasteiger charge is -2.22. The Kier molecular flexibility index (Phi) is 6.10. The molecule has 1 heterocycles. The fraction of sp³-hybridized carbons (Fsp3) is 0.500. The molecule has 0 aromatic carbocycles. The molecule has 1 atom stereocenters. The number of anilines is 1. The largest absolute Gasteiger partial charge is 0.444 e. The number of aliphatic hydroxyl groups excluding tert-OH is 1. The molecule has 0 aliphatic heterocycles. The standard InChI is InChI=1S/C14H21N3O4/c1-14(2,3)21-13(20)16-10(7-9-18)12(19)17-11-6-4-5-8-15-11/h4-6,8,10,18H,7,9H2,1-3H3,(H,16,20)(H,15,17,19). The number of alkyl carbamates (subject to hydrolysis) is 1. The smallest absolute Gasteiger partial charge is 0.408 e. The Hall–Kier alpha value is -2.15. The zero-order valence-electron chi connectivity index (χ0n) is 12.4. The van der Waals surface area contributed by atoms with Crippen LogP contribution in [-0.2, 0) is 9.53 Å². The van der Waals surface area contributed by atoms with E-state index >= 15 is 0 Å². The van der Waals surface area contributed by atoms with Gasteiger partial charge in [0.15, 0.2) is 0 Å². The maximum absolute atomic E-state index is 12.1. The van der Waals surface area contributed by atoms with E-state index in [1.165, 1.54) is 6.20 Å². The summed E-state index contributed by atoms with van der Waals surface area (Å²) in [5.74, 6) is -0.0926. The van der Waals surface area contributed by atoms with Gasteiger partial charge in [0.25, 0.3) is 0 Å². The van der Waals surface area contributed by atoms with Crippen molar-refractivity contribution < 1.29 is 19.4 Å². The average Bonchev–Trinajstić information content (AvgIpc) is 2.37. The number of hydrogen-bond acceptors (Lipinski definition) is 5. The third-order valence-electron chi connectivity index (χ3n) is 2.34. The number of carbonyl (C=O) groups excluding carboxylic acids is 2. The number of pyridine rings is 1. The zero-order chi connectivity index (χ0) is 15.9. The molecule has 1 rings (SSSR count). The summed E-state index contributed by atoms with van der Waals surface area (Å²) in [5, 5.41) is 14.0. The second-order valence-corrected chi connectivity index (χ2v) is 5.42. The average molecular weight is 295 g/mol. The predicted molar refractivity (Wildman–Crippen MR) is 77.7 cm³/mol. The van der Waals surface area contributed by atoms with Gasteiger partial charge in [-0.15, -0.1) is 0 Å². The van der Waals surface area contributed by atoms with E-state index in [2.05, 4.69) is 15.6 Å². The molecule has 0 aliphatic carbocycles. The molecule has 0 saturated heterocycles. The predicted octanol–water partition coefficient (Wildman–Crippen LogP) is 1.30. The van der Waals surface area contributed by atoms with E-state index in [1.54, 1.807) is 39.0 Å². The first-order valence-electron chi connectivity index (χ1n) is 6.64. The van der Waals surface area contributed by atoms with E-state index in [0.29, 0.717) is 5.82 Å². The monoisotopic (exact) mass is 295 g/mol. The van der Waals surface area contributed by atoms with Crippen LogP contribution < -0.4 is 10.6 Å².